The summed E-state index contributed by atoms with van der Waals surface area (Å²) in [6, 6.07) is 25.7. The number of rotatable bonds is 6. The number of benzene rings is 3. The average molecular weight is 486 g/mol. The van der Waals surface area contributed by atoms with E-state index in [4.69, 9.17) is 0 Å². The maximum atomic E-state index is 13.4. The highest BCUT2D eigenvalue weighted by Gasteiger charge is 2.38. The van der Waals surface area contributed by atoms with Gasteiger partial charge in [0, 0.05) is 44.7 Å². The van der Waals surface area contributed by atoms with Crippen LogP contribution in [0.2, 0.25) is 0 Å². The molecule has 188 valence electrons. The lowest BCUT2D eigenvalue weighted by Crippen LogP contribution is -2.47. The van der Waals surface area contributed by atoms with Crippen LogP contribution >= 0.6 is 0 Å². The molecule has 2 aliphatic heterocycles. The summed E-state index contributed by atoms with van der Waals surface area (Å²) >= 11 is 0. The molecule has 3 atom stereocenters. The van der Waals surface area contributed by atoms with E-state index in [9.17, 15) is 14.7 Å². The van der Waals surface area contributed by atoms with Crippen molar-refractivity contribution in [3.63, 3.8) is 0 Å². The van der Waals surface area contributed by atoms with E-state index in [1.165, 1.54) is 21.9 Å². The first-order chi connectivity index (χ1) is 17.5. The quantitative estimate of drug-likeness (QED) is 0.508. The zero-order valence-corrected chi connectivity index (χ0v) is 20.8. The van der Waals surface area contributed by atoms with Crippen LogP contribution in [0.25, 0.3) is 10.8 Å². The number of carbonyl (C=O) groups excluding carboxylic acids is 1. The van der Waals surface area contributed by atoms with Crippen molar-refractivity contribution in [2.75, 3.05) is 32.7 Å². The number of piperidine rings is 1. The number of nitrogens with one attached hydrogen (secondary N) is 1. The number of urea groups is 1. The van der Waals surface area contributed by atoms with Crippen LogP contribution in [0.1, 0.15) is 42.9 Å². The second-order valence-corrected chi connectivity index (χ2v) is 10.3. The molecule has 0 bridgehead atoms. The minimum absolute atomic E-state index is 0.0457. The van der Waals surface area contributed by atoms with Crippen molar-refractivity contribution in [2.24, 2.45) is 11.8 Å². The van der Waals surface area contributed by atoms with Crippen molar-refractivity contribution in [1.82, 2.24) is 15.1 Å². The van der Waals surface area contributed by atoms with E-state index in [1.54, 1.807) is 0 Å². The van der Waals surface area contributed by atoms with Crippen molar-refractivity contribution in [1.29, 1.82) is 0 Å². The molecule has 0 spiro atoms. The molecule has 0 aliphatic carbocycles. The molecule has 6 nitrogen and oxygen atoms in total. The highest BCUT2D eigenvalue weighted by molar-refractivity contribution is 5.86. The first kappa shape index (κ1) is 24.3. The van der Waals surface area contributed by atoms with Crippen molar-refractivity contribution in [3.05, 3.63) is 83.9 Å². The number of hydrogen-bond donors (Lipinski definition) is 2. The maximum Gasteiger partial charge on any atom is 0.320 e. The van der Waals surface area contributed by atoms with Gasteiger partial charge in [-0.3, -0.25) is 4.79 Å². The lowest BCUT2D eigenvalue weighted by atomic mass is 9.88. The first-order valence-electron chi connectivity index (χ1n) is 13.0. The average Bonchev–Trinajstić information content (AvgIpc) is 3.36. The second-order valence-electron chi connectivity index (χ2n) is 10.3. The van der Waals surface area contributed by atoms with Crippen LogP contribution < -0.4 is 5.32 Å². The number of hydrogen-bond acceptors (Lipinski definition) is 3. The van der Waals surface area contributed by atoms with Crippen LogP contribution in [0.4, 0.5) is 4.79 Å². The Labute approximate surface area is 212 Å². The van der Waals surface area contributed by atoms with E-state index in [0.29, 0.717) is 44.9 Å². The fraction of sp³-hybridized carbons (Fsp3) is 0.400. The number of carbonyl (C=O) groups is 2. The van der Waals surface area contributed by atoms with E-state index < -0.39 is 5.97 Å². The van der Waals surface area contributed by atoms with Gasteiger partial charge in [-0.25, -0.2) is 4.79 Å². The van der Waals surface area contributed by atoms with Crippen LogP contribution in [0.5, 0.6) is 0 Å². The fourth-order valence-electron chi connectivity index (χ4n) is 5.90. The van der Waals surface area contributed by atoms with Gasteiger partial charge >= 0.3 is 12.0 Å². The van der Waals surface area contributed by atoms with Gasteiger partial charge in [0.2, 0.25) is 0 Å². The smallest absolute Gasteiger partial charge is 0.320 e. The van der Waals surface area contributed by atoms with Gasteiger partial charge in [0.25, 0.3) is 0 Å². The minimum Gasteiger partial charge on any atom is -0.481 e. The van der Waals surface area contributed by atoms with E-state index in [-0.39, 0.29) is 23.9 Å². The minimum atomic E-state index is -0.751. The Morgan fingerprint density at radius 1 is 0.917 bits per heavy atom. The molecule has 2 saturated heterocycles. The summed E-state index contributed by atoms with van der Waals surface area (Å²) in [4.78, 5) is 28.5. The number of fused-ring (bicyclic) bond motifs is 1. The lowest BCUT2D eigenvalue weighted by molar-refractivity contribution is -0.143. The molecule has 0 saturated carbocycles. The molecule has 0 unspecified atom stereocenters. The van der Waals surface area contributed by atoms with Crippen LogP contribution in [0.3, 0.4) is 0 Å². The number of carboxylic acid groups (broad SMARTS) is 1. The molecule has 0 radical (unpaired) electrons. The zero-order chi connectivity index (χ0) is 25.1. The van der Waals surface area contributed by atoms with Crippen LogP contribution in [-0.2, 0) is 4.79 Å². The van der Waals surface area contributed by atoms with E-state index in [0.717, 1.165) is 6.54 Å². The highest BCUT2D eigenvalue weighted by atomic mass is 16.4. The van der Waals surface area contributed by atoms with Gasteiger partial charge in [0.05, 0.1) is 5.92 Å². The predicted molar refractivity (Wildman–Crippen MR) is 142 cm³/mol. The molecule has 36 heavy (non-hydrogen) atoms. The normalized spacial score (nSPS) is 21.6. The fourth-order valence-corrected chi connectivity index (χ4v) is 5.90. The summed E-state index contributed by atoms with van der Waals surface area (Å²) in [7, 11) is 0. The van der Waals surface area contributed by atoms with Crippen molar-refractivity contribution in [3.8, 4) is 0 Å². The molecule has 6 heteroatoms. The largest absolute Gasteiger partial charge is 0.481 e. The topological polar surface area (TPSA) is 72.9 Å². The monoisotopic (exact) mass is 485 g/mol. The molecule has 3 aromatic rings. The van der Waals surface area contributed by atoms with Gasteiger partial charge in [0.15, 0.2) is 0 Å². The van der Waals surface area contributed by atoms with Gasteiger partial charge in [-0.05, 0) is 47.6 Å². The molecule has 2 fully saturated rings. The summed E-state index contributed by atoms with van der Waals surface area (Å²) in [5.41, 5.74) is 2.55. The van der Waals surface area contributed by atoms with Crippen molar-refractivity contribution < 1.29 is 14.7 Å². The van der Waals surface area contributed by atoms with Gasteiger partial charge in [-0.2, -0.15) is 0 Å². The Balaban J connectivity index is 1.28. The third kappa shape index (κ3) is 5.09. The van der Waals surface area contributed by atoms with Gasteiger partial charge in [-0.1, -0.05) is 72.8 Å². The molecule has 3 aromatic carbocycles. The zero-order valence-electron chi connectivity index (χ0n) is 20.8. The first-order valence-corrected chi connectivity index (χ1v) is 13.0. The Morgan fingerprint density at radius 3 is 2.36 bits per heavy atom. The lowest BCUT2D eigenvalue weighted by Gasteiger charge is -2.33. The number of amides is 2. The number of aliphatic carboxylic acids is 1. The summed E-state index contributed by atoms with van der Waals surface area (Å²) in [5.74, 6) is -0.527. The number of nitrogens with zero attached hydrogens (tertiary/aromatic N) is 2. The third-order valence-corrected chi connectivity index (χ3v) is 8.03. The second kappa shape index (κ2) is 10.7. The highest BCUT2D eigenvalue weighted by Crippen LogP contribution is 2.34. The van der Waals surface area contributed by atoms with Gasteiger partial charge in [-0.15, -0.1) is 0 Å². The molecular formula is C30H35N3O3. The molecule has 0 aromatic heterocycles. The maximum absolute atomic E-state index is 13.4. The summed E-state index contributed by atoms with van der Waals surface area (Å²) < 4.78 is 0. The molecule has 2 amide bonds. The molecule has 2 aliphatic rings. The van der Waals surface area contributed by atoms with Gasteiger partial charge in [0.1, 0.15) is 0 Å². The van der Waals surface area contributed by atoms with Crippen LogP contribution in [0, 0.1) is 11.8 Å². The molecular weight excluding hydrogens is 450 g/mol. The Kier molecular flexibility index (Phi) is 7.23. The van der Waals surface area contributed by atoms with E-state index >= 15 is 0 Å². The van der Waals surface area contributed by atoms with Crippen LogP contribution in [-0.4, -0.2) is 59.6 Å². The van der Waals surface area contributed by atoms with Crippen molar-refractivity contribution in [2.45, 2.75) is 31.7 Å². The Morgan fingerprint density at radius 2 is 1.61 bits per heavy atom. The predicted octanol–water partition coefficient (Wildman–Crippen LogP) is 5.12. The summed E-state index contributed by atoms with van der Waals surface area (Å²) in [6.45, 7) is 5.45. The van der Waals surface area contributed by atoms with Crippen molar-refractivity contribution >= 4 is 22.8 Å². The van der Waals surface area contributed by atoms with E-state index in [2.05, 4.69) is 79.0 Å². The molecule has 2 heterocycles. The molecule has 2 N–H and O–H groups in total. The van der Waals surface area contributed by atoms with Crippen LogP contribution in [0.15, 0.2) is 72.8 Å². The third-order valence-electron chi connectivity index (χ3n) is 8.03. The SMILES string of the molecule is C[C@@H](NC[C@@H]1CN(C(=O)N2CCC(C(=O)O)CC2)C[C@@H]1c1ccccc1)c1cccc2ccccc12. The Bertz CT molecular complexity index is 1200. The standard InChI is InChI=1S/C30H35N3O3/c1-21(26-13-7-11-22-10-5-6-12-27(22)26)31-18-25-19-33(20-28(25)23-8-3-2-4-9-23)30(36)32-16-14-24(15-17-32)29(34)35/h2-13,21,24-25,28,31H,14-20H2,1H3,(H,34,35)/t21-,25-,28-/m1/s1. The Hall–Kier alpha value is -3.38. The molecule has 5 rings (SSSR count). The van der Waals surface area contributed by atoms with E-state index in [1.807, 2.05) is 15.9 Å². The summed E-state index contributed by atoms with van der Waals surface area (Å²) in [5, 5.41) is 15.6. The van der Waals surface area contributed by atoms with Gasteiger partial charge < -0.3 is 20.2 Å². The number of carboxylic acids is 1. The summed E-state index contributed by atoms with van der Waals surface area (Å²) in [6.07, 6.45) is 1.06. The number of likely N-dealkylation sites (tertiary alicyclic amines) is 2.